The Morgan fingerprint density at radius 1 is 0.970 bits per heavy atom. The van der Waals surface area contributed by atoms with Crippen molar-refractivity contribution < 1.29 is 14.6 Å². The van der Waals surface area contributed by atoms with Crippen LogP contribution in [0.25, 0.3) is 10.9 Å². The summed E-state index contributed by atoms with van der Waals surface area (Å²) in [4.78, 5) is 36.2. The molecule has 0 spiro atoms. The van der Waals surface area contributed by atoms with Gasteiger partial charge in [0, 0.05) is 13.6 Å². The Morgan fingerprint density at radius 3 is 2.21 bits per heavy atom. The Morgan fingerprint density at radius 2 is 1.64 bits per heavy atom. The molecule has 3 aromatic carbocycles. The summed E-state index contributed by atoms with van der Waals surface area (Å²) < 4.78 is 7.44. The first kappa shape index (κ1) is 23.5. The van der Waals surface area contributed by atoms with Crippen molar-refractivity contribution >= 4 is 16.9 Å². The Balaban J connectivity index is 0.000000257. The van der Waals surface area contributed by atoms with Gasteiger partial charge in [0.05, 0.1) is 30.1 Å². The highest BCUT2D eigenvalue weighted by molar-refractivity contribution is 5.93. The van der Waals surface area contributed by atoms with Crippen LogP contribution in [0.4, 0.5) is 0 Å². The van der Waals surface area contributed by atoms with Crippen LogP contribution in [0.15, 0.2) is 82.4 Å². The lowest BCUT2D eigenvalue weighted by Crippen LogP contribution is -2.39. The van der Waals surface area contributed by atoms with Crippen LogP contribution < -0.4 is 21.7 Å². The molecule has 0 aliphatic heterocycles. The number of aromatic carboxylic acids is 1. The molecule has 1 aromatic heterocycles. The predicted molar refractivity (Wildman–Crippen MR) is 127 cm³/mol. The highest BCUT2D eigenvalue weighted by atomic mass is 16.5. The van der Waals surface area contributed by atoms with Gasteiger partial charge in [-0.05, 0) is 41.5 Å². The molecule has 0 fully saturated rings. The molecule has 0 aliphatic rings. The second kappa shape index (κ2) is 10.4. The van der Waals surface area contributed by atoms with Crippen molar-refractivity contribution in [2.45, 2.75) is 13.1 Å². The van der Waals surface area contributed by atoms with Gasteiger partial charge >= 0.3 is 11.7 Å². The molecule has 8 nitrogen and oxygen atoms in total. The van der Waals surface area contributed by atoms with Gasteiger partial charge in [-0.25, -0.2) is 9.59 Å². The summed E-state index contributed by atoms with van der Waals surface area (Å²) in [6, 6.07) is 21.0. The minimum absolute atomic E-state index is 0.0134. The minimum atomic E-state index is -1.12. The molecule has 0 unspecified atom stereocenters. The van der Waals surface area contributed by atoms with Crippen molar-refractivity contribution in [3.05, 3.63) is 110 Å². The molecular formula is C25H25N3O5. The van der Waals surface area contributed by atoms with Crippen molar-refractivity contribution in [2.75, 3.05) is 7.11 Å². The molecule has 1 heterocycles. The van der Waals surface area contributed by atoms with Gasteiger partial charge in [-0.2, -0.15) is 0 Å². The maximum atomic E-state index is 12.6. The van der Waals surface area contributed by atoms with E-state index in [4.69, 9.17) is 15.6 Å². The summed E-state index contributed by atoms with van der Waals surface area (Å²) in [7, 11) is 3.21. The van der Waals surface area contributed by atoms with E-state index in [1.54, 1.807) is 14.2 Å². The third-order valence-electron chi connectivity index (χ3n) is 5.18. The fraction of sp³-hybridized carbons (Fsp3) is 0.160. The Hall–Kier alpha value is -4.17. The van der Waals surface area contributed by atoms with Gasteiger partial charge in [-0.3, -0.25) is 13.9 Å². The van der Waals surface area contributed by atoms with Gasteiger partial charge in [0.1, 0.15) is 5.75 Å². The normalized spacial score (nSPS) is 10.4. The smallest absolute Gasteiger partial charge is 0.335 e. The number of rotatable bonds is 5. The van der Waals surface area contributed by atoms with Crippen LogP contribution in [0.5, 0.6) is 5.75 Å². The average Bonchev–Trinajstić information content (AvgIpc) is 2.86. The second-order valence-electron chi connectivity index (χ2n) is 7.31. The molecule has 0 amide bonds. The van der Waals surface area contributed by atoms with Crippen molar-refractivity contribution in [3.8, 4) is 5.75 Å². The van der Waals surface area contributed by atoms with Crippen LogP contribution in [0.3, 0.4) is 0 Å². The van der Waals surface area contributed by atoms with E-state index in [9.17, 15) is 14.4 Å². The number of aromatic nitrogens is 2. The summed E-state index contributed by atoms with van der Waals surface area (Å²) >= 11 is 0. The van der Waals surface area contributed by atoms with Crippen LogP contribution >= 0.6 is 0 Å². The monoisotopic (exact) mass is 447 g/mol. The fourth-order valence-electron chi connectivity index (χ4n) is 3.32. The number of ether oxygens (including phenoxy) is 1. The van der Waals surface area contributed by atoms with Gasteiger partial charge in [-0.15, -0.1) is 0 Å². The molecule has 3 N–H and O–H groups in total. The van der Waals surface area contributed by atoms with Gasteiger partial charge in [0.25, 0.3) is 5.56 Å². The predicted octanol–water partition coefficient (Wildman–Crippen LogP) is 2.60. The zero-order valence-corrected chi connectivity index (χ0v) is 18.4. The highest BCUT2D eigenvalue weighted by Gasteiger charge is 2.13. The first-order valence-electron chi connectivity index (χ1n) is 10.2. The lowest BCUT2D eigenvalue weighted by Gasteiger charge is -2.11. The van der Waals surface area contributed by atoms with Crippen LogP contribution in [0.2, 0.25) is 0 Å². The van der Waals surface area contributed by atoms with Crippen LogP contribution in [0.1, 0.15) is 21.5 Å². The van der Waals surface area contributed by atoms with Crippen molar-refractivity contribution in [1.82, 2.24) is 9.13 Å². The molecule has 170 valence electrons. The van der Waals surface area contributed by atoms with Gasteiger partial charge in [-0.1, -0.05) is 42.5 Å². The first-order chi connectivity index (χ1) is 15.8. The molecule has 0 radical (unpaired) electrons. The third kappa shape index (κ3) is 5.36. The number of methoxy groups -OCH3 is 1. The lowest BCUT2D eigenvalue weighted by molar-refractivity contribution is 0.0697. The summed E-state index contributed by atoms with van der Waals surface area (Å²) in [5, 5.41) is 9.30. The van der Waals surface area contributed by atoms with E-state index < -0.39 is 17.2 Å². The Bertz CT molecular complexity index is 1350. The lowest BCUT2D eigenvalue weighted by atomic mass is 10.1. The van der Waals surface area contributed by atoms with Gasteiger partial charge in [0.15, 0.2) is 0 Å². The van der Waals surface area contributed by atoms with Crippen LogP contribution in [-0.4, -0.2) is 27.3 Å². The van der Waals surface area contributed by atoms with E-state index >= 15 is 0 Å². The number of benzene rings is 3. The quantitative estimate of drug-likeness (QED) is 0.486. The molecule has 0 aliphatic carbocycles. The number of hydrogen-bond donors (Lipinski definition) is 2. The SMILES string of the molecule is COc1ccc(CN)cc1.Cn1c(=O)n(Cc2ccccc2)c(=O)c2cc(C(=O)O)ccc21. The molecule has 0 atom stereocenters. The summed E-state index contributed by atoms with van der Waals surface area (Å²) in [6.07, 6.45) is 0. The van der Waals surface area contributed by atoms with Crippen molar-refractivity contribution in [3.63, 3.8) is 0 Å². The average molecular weight is 447 g/mol. The summed E-state index contributed by atoms with van der Waals surface area (Å²) in [6.45, 7) is 0.726. The first-order valence-corrected chi connectivity index (χ1v) is 10.2. The van der Waals surface area contributed by atoms with E-state index in [1.165, 1.54) is 22.8 Å². The third-order valence-corrected chi connectivity index (χ3v) is 5.18. The number of carboxylic acids is 1. The molecule has 0 saturated carbocycles. The van der Waals surface area contributed by atoms with E-state index in [0.717, 1.165) is 21.4 Å². The number of nitrogens with two attached hydrogens (primary N) is 1. The zero-order valence-electron chi connectivity index (χ0n) is 18.4. The zero-order chi connectivity index (χ0) is 24.0. The van der Waals surface area contributed by atoms with Gasteiger partial charge < -0.3 is 15.6 Å². The molecule has 0 bridgehead atoms. The number of fused-ring (bicyclic) bond motifs is 1. The minimum Gasteiger partial charge on any atom is -0.497 e. The standard InChI is InChI=1S/C17H14N2O4.C8H11NO/c1-18-14-8-7-12(16(21)22)9-13(14)15(20)19(17(18)23)10-11-5-3-2-4-6-11;1-10-8-4-2-7(6-9)3-5-8/h2-9H,10H2,1H3,(H,21,22);2-5H,6,9H2,1H3. The van der Waals surface area contributed by atoms with E-state index in [-0.39, 0.29) is 17.5 Å². The van der Waals surface area contributed by atoms with Crippen molar-refractivity contribution in [2.24, 2.45) is 12.8 Å². The number of carbonyl (C=O) groups is 1. The Kier molecular flexibility index (Phi) is 7.42. The Labute approximate surface area is 190 Å². The van der Waals surface area contributed by atoms with E-state index in [0.29, 0.717) is 12.1 Å². The number of nitrogens with zero attached hydrogens (tertiary/aromatic N) is 2. The molecule has 8 heteroatoms. The fourth-order valence-corrected chi connectivity index (χ4v) is 3.32. The summed E-state index contributed by atoms with van der Waals surface area (Å²) in [5.41, 5.74) is 6.84. The highest BCUT2D eigenvalue weighted by Crippen LogP contribution is 2.12. The topological polar surface area (TPSA) is 117 Å². The molecule has 33 heavy (non-hydrogen) atoms. The van der Waals surface area contributed by atoms with Crippen LogP contribution in [0, 0.1) is 0 Å². The molecular weight excluding hydrogens is 422 g/mol. The van der Waals surface area contributed by atoms with E-state index in [2.05, 4.69) is 0 Å². The number of hydrogen-bond acceptors (Lipinski definition) is 5. The second-order valence-corrected chi connectivity index (χ2v) is 7.31. The maximum Gasteiger partial charge on any atom is 0.335 e. The number of carboxylic acid groups (broad SMARTS) is 1. The van der Waals surface area contributed by atoms with Crippen molar-refractivity contribution in [1.29, 1.82) is 0 Å². The van der Waals surface area contributed by atoms with E-state index in [1.807, 2.05) is 54.6 Å². The summed E-state index contributed by atoms with van der Waals surface area (Å²) in [5.74, 6) is -0.244. The van der Waals surface area contributed by atoms with Gasteiger partial charge in [0.2, 0.25) is 0 Å². The molecule has 0 saturated heterocycles. The number of aryl methyl sites for hydroxylation is 1. The maximum absolute atomic E-state index is 12.6. The molecule has 4 aromatic rings. The van der Waals surface area contributed by atoms with Crippen LogP contribution in [-0.2, 0) is 20.1 Å². The molecule has 4 rings (SSSR count). The largest absolute Gasteiger partial charge is 0.497 e.